The lowest BCUT2D eigenvalue weighted by atomic mass is 9.47. The highest BCUT2D eigenvalue weighted by molar-refractivity contribution is 6.11. The average Bonchev–Trinajstić information content (AvgIpc) is 3.10. The van der Waals surface area contributed by atoms with E-state index in [4.69, 9.17) is 0 Å². The minimum Gasteiger partial charge on any atom is -0.338 e. The van der Waals surface area contributed by atoms with E-state index in [1.54, 1.807) is 6.08 Å². The molecule has 3 saturated carbocycles. The van der Waals surface area contributed by atoms with Gasteiger partial charge >= 0.3 is 6.03 Å². The van der Waals surface area contributed by atoms with Gasteiger partial charge in [-0.3, -0.25) is 14.9 Å². The van der Waals surface area contributed by atoms with Crippen LogP contribution in [0.2, 0.25) is 0 Å². The molecular formula is C25H38N2O3. The maximum absolute atomic E-state index is 12.8. The number of urea groups is 1. The molecule has 30 heavy (non-hydrogen) atoms. The molecule has 0 radical (unpaired) electrons. The summed E-state index contributed by atoms with van der Waals surface area (Å²) < 4.78 is 0. The largest absolute Gasteiger partial charge is 0.338 e. The minimum atomic E-state index is -0.744. The lowest BCUT2D eigenvalue weighted by Crippen LogP contribution is -2.53. The first-order valence-electron chi connectivity index (χ1n) is 12.1. The van der Waals surface area contributed by atoms with Gasteiger partial charge in [0.05, 0.1) is 0 Å². The molecule has 4 rings (SSSR count). The van der Waals surface area contributed by atoms with E-state index in [1.807, 2.05) is 6.92 Å². The van der Waals surface area contributed by atoms with E-state index in [-0.39, 0.29) is 11.2 Å². The molecule has 0 heterocycles. The van der Waals surface area contributed by atoms with E-state index < -0.39 is 17.9 Å². The SMILES string of the molecule is CCCCNC(=O)NC(=O)C1C[C@@]2(C)C(=CC1=O)CC[C@@H]1[C@H]2CC[C@]2(C)CCC[C@@H]12. The predicted octanol–water partition coefficient (Wildman–Crippen LogP) is 4.76. The Kier molecular flexibility index (Phi) is 5.84. The third-order valence-corrected chi connectivity index (χ3v) is 9.17. The third kappa shape index (κ3) is 3.62. The number of imide groups is 1. The van der Waals surface area contributed by atoms with Crippen molar-refractivity contribution < 1.29 is 14.4 Å². The van der Waals surface area contributed by atoms with Crippen molar-refractivity contribution in [2.75, 3.05) is 6.54 Å². The fourth-order valence-electron chi connectivity index (χ4n) is 7.48. The van der Waals surface area contributed by atoms with Crippen molar-refractivity contribution in [1.29, 1.82) is 0 Å². The zero-order chi connectivity index (χ0) is 21.5. The molecule has 5 nitrogen and oxygen atoms in total. The Morgan fingerprint density at radius 3 is 2.70 bits per heavy atom. The maximum Gasteiger partial charge on any atom is 0.321 e. The number of carbonyl (C=O) groups is 3. The Balaban J connectivity index is 1.50. The number of unbranched alkanes of at least 4 members (excludes halogenated alkanes) is 1. The van der Waals surface area contributed by atoms with Crippen LogP contribution in [0.1, 0.15) is 85.0 Å². The van der Waals surface area contributed by atoms with Crippen LogP contribution < -0.4 is 10.6 Å². The molecule has 166 valence electrons. The van der Waals surface area contributed by atoms with E-state index in [9.17, 15) is 14.4 Å². The van der Waals surface area contributed by atoms with Gasteiger partial charge in [-0.05, 0) is 86.0 Å². The van der Waals surface area contributed by atoms with Gasteiger partial charge in [0.25, 0.3) is 0 Å². The van der Waals surface area contributed by atoms with E-state index >= 15 is 0 Å². The zero-order valence-electron chi connectivity index (χ0n) is 18.9. The summed E-state index contributed by atoms with van der Waals surface area (Å²) in [6.45, 7) is 7.38. The predicted molar refractivity (Wildman–Crippen MR) is 117 cm³/mol. The van der Waals surface area contributed by atoms with Gasteiger partial charge in [0.2, 0.25) is 5.91 Å². The second-order valence-electron chi connectivity index (χ2n) is 10.8. The second kappa shape index (κ2) is 8.12. The van der Waals surface area contributed by atoms with Gasteiger partial charge < -0.3 is 5.32 Å². The molecule has 0 aromatic rings. The molecule has 0 aromatic carbocycles. The molecule has 6 atom stereocenters. The Morgan fingerprint density at radius 2 is 1.93 bits per heavy atom. The van der Waals surface area contributed by atoms with Crippen LogP contribution in [-0.4, -0.2) is 24.3 Å². The fourth-order valence-corrected chi connectivity index (χ4v) is 7.48. The van der Waals surface area contributed by atoms with Gasteiger partial charge in [0, 0.05) is 6.54 Å². The number of hydrogen-bond donors (Lipinski definition) is 2. The lowest BCUT2D eigenvalue weighted by molar-refractivity contribution is -0.135. The van der Waals surface area contributed by atoms with E-state index in [0.29, 0.717) is 30.2 Å². The Hall–Kier alpha value is -1.65. The number of rotatable bonds is 4. The maximum atomic E-state index is 12.8. The standard InChI is InChI=1S/C25H38N2O3/c1-4-5-13-26-23(30)27-22(29)18-15-25(3)16(14-21(18)28)8-9-17-19-7-6-11-24(19,2)12-10-20(17)25/h14,17-20H,4-13,15H2,1-3H3,(H2,26,27,29,30)/t17-,18?,19-,20+,24-,25-/m0/s1. The van der Waals surface area contributed by atoms with Crippen LogP contribution in [0.3, 0.4) is 0 Å². The quantitative estimate of drug-likeness (QED) is 0.514. The van der Waals surface area contributed by atoms with Gasteiger partial charge in [-0.1, -0.05) is 39.2 Å². The zero-order valence-corrected chi connectivity index (χ0v) is 18.9. The number of carbonyl (C=O) groups excluding carboxylic acids is 3. The lowest BCUT2D eigenvalue weighted by Gasteiger charge is -2.57. The molecule has 0 spiro atoms. The molecule has 4 aliphatic carbocycles. The third-order valence-electron chi connectivity index (χ3n) is 9.17. The molecule has 0 bridgehead atoms. The van der Waals surface area contributed by atoms with Gasteiger partial charge in [-0.2, -0.15) is 0 Å². The highest BCUT2D eigenvalue weighted by atomic mass is 16.2. The van der Waals surface area contributed by atoms with Crippen molar-refractivity contribution in [2.24, 2.45) is 34.5 Å². The van der Waals surface area contributed by atoms with Crippen molar-refractivity contribution in [3.63, 3.8) is 0 Å². The van der Waals surface area contributed by atoms with Crippen molar-refractivity contribution in [2.45, 2.75) is 85.0 Å². The first-order valence-corrected chi connectivity index (χ1v) is 12.1. The first kappa shape index (κ1) is 21.6. The van der Waals surface area contributed by atoms with Crippen molar-refractivity contribution in [3.8, 4) is 0 Å². The molecule has 0 aliphatic heterocycles. The minimum absolute atomic E-state index is 0.0958. The average molecular weight is 415 g/mol. The number of ketones is 1. The van der Waals surface area contributed by atoms with Crippen LogP contribution in [0.4, 0.5) is 4.79 Å². The van der Waals surface area contributed by atoms with Crippen LogP contribution in [0.25, 0.3) is 0 Å². The summed E-state index contributed by atoms with van der Waals surface area (Å²) in [6.07, 6.45) is 12.9. The normalized spacial score (nSPS) is 40.0. The molecule has 3 amide bonds. The second-order valence-corrected chi connectivity index (χ2v) is 10.8. The molecule has 4 aliphatic rings. The van der Waals surface area contributed by atoms with E-state index in [2.05, 4.69) is 24.5 Å². The molecule has 0 saturated heterocycles. The van der Waals surface area contributed by atoms with Crippen molar-refractivity contribution in [3.05, 3.63) is 11.6 Å². The molecule has 2 N–H and O–H groups in total. The Bertz CT molecular complexity index is 759. The van der Waals surface area contributed by atoms with Crippen LogP contribution in [-0.2, 0) is 9.59 Å². The van der Waals surface area contributed by atoms with Crippen molar-refractivity contribution in [1.82, 2.24) is 10.6 Å². The summed E-state index contributed by atoms with van der Waals surface area (Å²) in [5, 5.41) is 5.14. The Labute approximate surface area is 180 Å². The van der Waals surface area contributed by atoms with Crippen LogP contribution in [0.15, 0.2) is 11.6 Å². The molecule has 1 unspecified atom stereocenters. The van der Waals surface area contributed by atoms with Gasteiger partial charge in [0.1, 0.15) is 5.92 Å². The highest BCUT2D eigenvalue weighted by Gasteiger charge is 2.57. The van der Waals surface area contributed by atoms with Crippen LogP contribution >= 0.6 is 0 Å². The molecular weight excluding hydrogens is 376 g/mol. The summed E-state index contributed by atoms with van der Waals surface area (Å²) in [7, 11) is 0. The number of nitrogens with one attached hydrogen (secondary N) is 2. The molecule has 5 heteroatoms. The number of fused-ring (bicyclic) bond motifs is 5. The smallest absolute Gasteiger partial charge is 0.321 e. The van der Waals surface area contributed by atoms with Gasteiger partial charge in [0.15, 0.2) is 5.78 Å². The first-order chi connectivity index (χ1) is 14.3. The highest BCUT2D eigenvalue weighted by Crippen LogP contribution is 2.65. The van der Waals surface area contributed by atoms with E-state index in [0.717, 1.165) is 25.2 Å². The summed E-state index contributed by atoms with van der Waals surface area (Å²) in [5.74, 6) is 0.753. The summed E-state index contributed by atoms with van der Waals surface area (Å²) in [5.41, 5.74) is 1.66. The van der Waals surface area contributed by atoms with Gasteiger partial charge in [-0.25, -0.2) is 4.79 Å². The van der Waals surface area contributed by atoms with Gasteiger partial charge in [-0.15, -0.1) is 0 Å². The summed E-state index contributed by atoms with van der Waals surface area (Å²) in [6, 6.07) is -0.484. The molecule has 3 fully saturated rings. The van der Waals surface area contributed by atoms with Crippen molar-refractivity contribution >= 4 is 17.7 Å². The number of amides is 3. The number of allylic oxidation sites excluding steroid dienone is 1. The summed E-state index contributed by atoms with van der Waals surface area (Å²) in [4.78, 5) is 37.7. The Morgan fingerprint density at radius 1 is 1.13 bits per heavy atom. The number of hydrogen-bond acceptors (Lipinski definition) is 3. The summed E-state index contributed by atoms with van der Waals surface area (Å²) >= 11 is 0. The van der Waals surface area contributed by atoms with Crippen LogP contribution in [0, 0.1) is 34.5 Å². The van der Waals surface area contributed by atoms with Crippen LogP contribution in [0.5, 0.6) is 0 Å². The molecule has 0 aromatic heterocycles. The topological polar surface area (TPSA) is 75.3 Å². The monoisotopic (exact) mass is 414 g/mol. The van der Waals surface area contributed by atoms with E-state index in [1.165, 1.54) is 44.1 Å². The fraction of sp³-hybridized carbons (Fsp3) is 0.800.